The van der Waals surface area contributed by atoms with Gasteiger partial charge in [0.15, 0.2) is 11.6 Å². The van der Waals surface area contributed by atoms with E-state index in [1.54, 1.807) is 12.1 Å². The van der Waals surface area contributed by atoms with Crippen LogP contribution in [0.2, 0.25) is 0 Å². The molecule has 1 fully saturated rings. The second-order valence-corrected chi connectivity index (χ2v) is 7.70. The van der Waals surface area contributed by atoms with E-state index in [9.17, 15) is 28.3 Å². The Balaban J connectivity index is 1.60. The zero-order valence-electron chi connectivity index (χ0n) is 16.9. The summed E-state index contributed by atoms with van der Waals surface area (Å²) in [6.45, 7) is 0.310. The van der Waals surface area contributed by atoms with Crippen LogP contribution in [0.3, 0.4) is 0 Å². The smallest absolute Gasteiger partial charge is 0.407 e. The summed E-state index contributed by atoms with van der Waals surface area (Å²) in [5, 5.41) is 15.1. The average Bonchev–Trinajstić information content (AvgIpc) is 3.18. The SMILES string of the molecule is O=C1CC[C@H](CN(C(=O)O)C2CCOc3c(C(=O)Nc4ccc(F)c(F)c4)cccc32)N1. The zero-order chi connectivity index (χ0) is 22.8. The summed E-state index contributed by atoms with van der Waals surface area (Å²) in [5.74, 6) is -2.59. The van der Waals surface area contributed by atoms with Crippen molar-refractivity contribution < 1.29 is 33.0 Å². The summed E-state index contributed by atoms with van der Waals surface area (Å²) in [7, 11) is 0. The molecule has 2 aliphatic rings. The number of halogens is 2. The van der Waals surface area contributed by atoms with Gasteiger partial charge in [0.2, 0.25) is 5.91 Å². The number of hydrogen-bond donors (Lipinski definition) is 3. The quantitative estimate of drug-likeness (QED) is 0.655. The maximum Gasteiger partial charge on any atom is 0.407 e. The largest absolute Gasteiger partial charge is 0.492 e. The summed E-state index contributed by atoms with van der Waals surface area (Å²) in [6, 6.07) is 6.98. The third-order valence-corrected chi connectivity index (χ3v) is 5.59. The van der Waals surface area contributed by atoms with Crippen molar-refractivity contribution in [2.24, 2.45) is 0 Å². The van der Waals surface area contributed by atoms with Crippen LogP contribution in [0, 0.1) is 11.6 Å². The highest BCUT2D eigenvalue weighted by Gasteiger charge is 2.35. The van der Waals surface area contributed by atoms with Gasteiger partial charge in [-0.2, -0.15) is 0 Å². The predicted molar refractivity (Wildman–Crippen MR) is 110 cm³/mol. The Bertz CT molecular complexity index is 1080. The first kappa shape index (κ1) is 21.5. The van der Waals surface area contributed by atoms with Crippen molar-refractivity contribution >= 4 is 23.6 Å². The molecule has 2 heterocycles. The van der Waals surface area contributed by atoms with Gasteiger partial charge in [-0.25, -0.2) is 13.6 Å². The van der Waals surface area contributed by atoms with Crippen LogP contribution in [0.4, 0.5) is 19.3 Å². The van der Waals surface area contributed by atoms with E-state index in [0.717, 1.165) is 12.1 Å². The number of benzene rings is 2. The van der Waals surface area contributed by atoms with E-state index >= 15 is 0 Å². The number of carbonyl (C=O) groups excluding carboxylic acids is 2. The molecule has 3 amide bonds. The van der Waals surface area contributed by atoms with Gasteiger partial charge < -0.3 is 20.5 Å². The highest BCUT2D eigenvalue weighted by atomic mass is 19.2. The van der Waals surface area contributed by atoms with Crippen LogP contribution in [-0.4, -0.2) is 47.1 Å². The maximum absolute atomic E-state index is 13.5. The third kappa shape index (κ3) is 4.34. The van der Waals surface area contributed by atoms with E-state index in [-0.39, 0.29) is 42.1 Å². The fraction of sp³-hybridized carbons (Fsp3) is 0.318. The Labute approximate surface area is 182 Å². The van der Waals surface area contributed by atoms with Gasteiger partial charge in [0.25, 0.3) is 5.91 Å². The molecule has 0 bridgehead atoms. The van der Waals surface area contributed by atoms with Gasteiger partial charge in [-0.15, -0.1) is 0 Å². The molecular formula is C22H21F2N3O5. The molecule has 0 spiro atoms. The highest BCUT2D eigenvalue weighted by Crippen LogP contribution is 2.39. The van der Waals surface area contributed by atoms with Crippen LogP contribution in [0.25, 0.3) is 0 Å². The number of amides is 3. The zero-order valence-corrected chi connectivity index (χ0v) is 16.9. The summed E-state index contributed by atoms with van der Waals surface area (Å²) in [6.07, 6.45) is 0.154. The summed E-state index contributed by atoms with van der Waals surface area (Å²) in [4.78, 5) is 37.6. The molecule has 32 heavy (non-hydrogen) atoms. The fourth-order valence-electron chi connectivity index (χ4n) is 4.07. The Morgan fingerprint density at radius 1 is 1.19 bits per heavy atom. The van der Waals surface area contributed by atoms with Crippen molar-refractivity contribution in [1.29, 1.82) is 0 Å². The lowest BCUT2D eigenvalue weighted by Crippen LogP contribution is -2.44. The van der Waals surface area contributed by atoms with Crippen molar-refractivity contribution in [2.75, 3.05) is 18.5 Å². The molecule has 2 atom stereocenters. The first-order chi connectivity index (χ1) is 15.3. The monoisotopic (exact) mass is 445 g/mol. The molecule has 2 aliphatic heterocycles. The van der Waals surface area contributed by atoms with Gasteiger partial charge >= 0.3 is 6.09 Å². The van der Waals surface area contributed by atoms with Gasteiger partial charge in [-0.05, 0) is 24.6 Å². The molecule has 0 aromatic heterocycles. The van der Waals surface area contributed by atoms with E-state index in [4.69, 9.17) is 4.74 Å². The number of hydrogen-bond acceptors (Lipinski definition) is 4. The molecule has 1 saturated heterocycles. The molecule has 2 aromatic carbocycles. The van der Waals surface area contributed by atoms with Gasteiger partial charge in [0.1, 0.15) is 5.75 Å². The van der Waals surface area contributed by atoms with Crippen LogP contribution in [0.15, 0.2) is 36.4 Å². The third-order valence-electron chi connectivity index (χ3n) is 5.59. The molecule has 0 saturated carbocycles. The summed E-state index contributed by atoms with van der Waals surface area (Å²) >= 11 is 0. The summed E-state index contributed by atoms with van der Waals surface area (Å²) < 4.78 is 32.3. The molecule has 2 aromatic rings. The van der Waals surface area contributed by atoms with Crippen molar-refractivity contribution in [3.05, 3.63) is 59.2 Å². The van der Waals surface area contributed by atoms with Gasteiger partial charge in [0, 0.05) is 42.7 Å². The van der Waals surface area contributed by atoms with Crippen LogP contribution in [0.5, 0.6) is 5.75 Å². The molecule has 0 radical (unpaired) electrons. The number of rotatable bonds is 5. The number of nitrogens with one attached hydrogen (secondary N) is 2. The lowest BCUT2D eigenvalue weighted by Gasteiger charge is -2.35. The van der Waals surface area contributed by atoms with Crippen LogP contribution < -0.4 is 15.4 Å². The van der Waals surface area contributed by atoms with Gasteiger partial charge in [-0.1, -0.05) is 12.1 Å². The molecule has 10 heteroatoms. The second-order valence-electron chi connectivity index (χ2n) is 7.70. The van der Waals surface area contributed by atoms with Crippen LogP contribution in [0.1, 0.15) is 41.2 Å². The topological polar surface area (TPSA) is 108 Å². The number of carbonyl (C=O) groups is 3. The number of fused-ring (bicyclic) bond motifs is 1. The first-order valence-electron chi connectivity index (χ1n) is 10.1. The summed E-state index contributed by atoms with van der Waals surface area (Å²) in [5.41, 5.74) is 0.750. The lowest BCUT2D eigenvalue weighted by molar-refractivity contribution is -0.119. The van der Waals surface area contributed by atoms with E-state index in [2.05, 4.69) is 10.6 Å². The lowest BCUT2D eigenvalue weighted by atomic mass is 9.95. The minimum Gasteiger partial charge on any atom is -0.492 e. The second kappa shape index (κ2) is 8.81. The van der Waals surface area contributed by atoms with E-state index in [1.807, 2.05) is 0 Å². The Hall–Kier alpha value is -3.69. The minimum atomic E-state index is -1.14. The average molecular weight is 445 g/mol. The first-order valence-corrected chi connectivity index (χ1v) is 10.1. The Morgan fingerprint density at radius 2 is 2.00 bits per heavy atom. The molecule has 168 valence electrons. The number of para-hydroxylation sites is 1. The van der Waals surface area contributed by atoms with Crippen molar-refractivity contribution in [1.82, 2.24) is 10.2 Å². The van der Waals surface area contributed by atoms with E-state index < -0.39 is 29.7 Å². The van der Waals surface area contributed by atoms with Crippen LogP contribution in [-0.2, 0) is 4.79 Å². The molecular weight excluding hydrogens is 424 g/mol. The molecule has 4 rings (SSSR count). The van der Waals surface area contributed by atoms with Gasteiger partial charge in [-0.3, -0.25) is 14.5 Å². The maximum atomic E-state index is 13.5. The predicted octanol–water partition coefficient (Wildman–Crippen LogP) is 3.30. The number of ether oxygens (including phenoxy) is 1. The number of anilines is 1. The standard InChI is InChI=1S/C22H21F2N3O5/c23-16-6-4-12(10-17(16)24)26-21(29)15-3-1-2-14-18(8-9-32-20(14)15)27(22(30)31)11-13-5-7-19(28)25-13/h1-4,6,10,13,18H,5,7-9,11H2,(H,25,28)(H,26,29)(H,30,31)/t13-,18?/m1/s1. The molecule has 1 unspecified atom stereocenters. The van der Waals surface area contributed by atoms with Crippen molar-refractivity contribution in [3.8, 4) is 5.75 Å². The number of carboxylic acid groups (broad SMARTS) is 1. The van der Waals surface area contributed by atoms with Crippen molar-refractivity contribution in [2.45, 2.75) is 31.3 Å². The van der Waals surface area contributed by atoms with Crippen molar-refractivity contribution in [3.63, 3.8) is 0 Å². The number of nitrogens with zero attached hydrogens (tertiary/aromatic N) is 1. The van der Waals surface area contributed by atoms with Crippen LogP contribution >= 0.6 is 0 Å². The van der Waals surface area contributed by atoms with E-state index in [0.29, 0.717) is 24.8 Å². The van der Waals surface area contributed by atoms with E-state index in [1.165, 1.54) is 17.0 Å². The Kier molecular flexibility index (Phi) is 5.93. The molecule has 0 aliphatic carbocycles. The molecule has 3 N–H and O–H groups in total. The molecule has 8 nitrogen and oxygen atoms in total. The highest BCUT2D eigenvalue weighted by molar-refractivity contribution is 6.06. The fourth-order valence-corrected chi connectivity index (χ4v) is 4.07. The van der Waals surface area contributed by atoms with Gasteiger partial charge in [0.05, 0.1) is 18.2 Å². The Morgan fingerprint density at radius 3 is 2.69 bits per heavy atom. The minimum absolute atomic E-state index is 0.0722. The normalized spacial score (nSPS) is 19.5.